The first-order valence-electron chi connectivity index (χ1n) is 9.25. The Kier molecular flexibility index (Phi) is 4.42. The van der Waals surface area contributed by atoms with E-state index in [4.69, 9.17) is 21.1 Å². The predicted molar refractivity (Wildman–Crippen MR) is 110 cm³/mol. The van der Waals surface area contributed by atoms with Crippen molar-refractivity contribution in [3.63, 3.8) is 0 Å². The van der Waals surface area contributed by atoms with E-state index in [9.17, 15) is 4.39 Å². The predicted octanol–water partition coefficient (Wildman–Crippen LogP) is 5.48. The molecular weight excluding hydrogens is 391 g/mol. The van der Waals surface area contributed by atoms with Crippen LogP contribution >= 0.6 is 11.6 Å². The van der Waals surface area contributed by atoms with Crippen molar-refractivity contribution >= 4 is 17.3 Å². The number of nitrogens with zero attached hydrogens (tertiary/aromatic N) is 1. The highest BCUT2D eigenvalue weighted by atomic mass is 35.5. The van der Waals surface area contributed by atoms with Gasteiger partial charge in [-0.1, -0.05) is 23.7 Å². The normalized spacial score (nSPS) is 20.2. The molecule has 146 valence electrons. The van der Waals surface area contributed by atoms with Gasteiger partial charge in [0.1, 0.15) is 17.3 Å². The van der Waals surface area contributed by atoms with Gasteiger partial charge >= 0.3 is 0 Å². The molecule has 0 spiro atoms. The molecule has 0 unspecified atom stereocenters. The lowest BCUT2D eigenvalue weighted by molar-refractivity contribution is -0.0328. The Morgan fingerprint density at radius 3 is 2.66 bits per heavy atom. The van der Waals surface area contributed by atoms with Gasteiger partial charge in [0, 0.05) is 16.1 Å². The summed E-state index contributed by atoms with van der Waals surface area (Å²) in [6, 6.07) is 19.8. The second-order valence-corrected chi connectivity index (χ2v) is 7.42. The summed E-state index contributed by atoms with van der Waals surface area (Å²) >= 11 is 6.25. The molecule has 0 aliphatic carbocycles. The largest absolute Gasteiger partial charge is 0.497 e. The van der Waals surface area contributed by atoms with E-state index in [1.165, 1.54) is 12.1 Å². The Labute approximate surface area is 173 Å². The van der Waals surface area contributed by atoms with Crippen molar-refractivity contribution in [2.75, 3.05) is 7.11 Å². The first-order valence-corrected chi connectivity index (χ1v) is 9.63. The van der Waals surface area contributed by atoms with Crippen LogP contribution in [-0.4, -0.2) is 12.1 Å². The van der Waals surface area contributed by atoms with Gasteiger partial charge in [0.2, 0.25) is 0 Å². The SMILES string of the molecule is COc1ccc(C2=C[C@@H]3c4cc(Cl)ccc4O[C@@H](c4cccc(F)c4)N3N2)cc1. The number of ether oxygens (including phenoxy) is 2. The van der Waals surface area contributed by atoms with Gasteiger partial charge in [-0.2, -0.15) is 5.01 Å². The molecule has 0 fully saturated rings. The second-order valence-electron chi connectivity index (χ2n) is 6.98. The minimum Gasteiger partial charge on any atom is -0.497 e. The third-order valence-corrected chi connectivity index (χ3v) is 5.43. The molecule has 0 radical (unpaired) electrons. The van der Waals surface area contributed by atoms with Gasteiger partial charge in [0.25, 0.3) is 0 Å². The highest BCUT2D eigenvalue weighted by Gasteiger charge is 2.40. The van der Waals surface area contributed by atoms with E-state index in [0.29, 0.717) is 5.02 Å². The molecule has 2 aliphatic heterocycles. The number of hydrogen-bond donors (Lipinski definition) is 1. The molecule has 2 atom stereocenters. The molecule has 0 aromatic heterocycles. The van der Waals surface area contributed by atoms with Crippen molar-refractivity contribution in [3.05, 3.63) is 100 Å². The summed E-state index contributed by atoms with van der Waals surface area (Å²) in [5.74, 6) is 1.23. The van der Waals surface area contributed by atoms with Crippen LogP contribution in [-0.2, 0) is 0 Å². The second kappa shape index (κ2) is 7.10. The molecule has 5 rings (SSSR count). The third kappa shape index (κ3) is 3.22. The number of nitrogens with one attached hydrogen (secondary N) is 1. The Bertz CT molecular complexity index is 1100. The topological polar surface area (TPSA) is 33.7 Å². The van der Waals surface area contributed by atoms with Gasteiger partial charge in [-0.3, -0.25) is 0 Å². The lowest BCUT2D eigenvalue weighted by Crippen LogP contribution is -2.43. The molecule has 0 amide bonds. The fourth-order valence-electron chi connectivity index (χ4n) is 3.78. The van der Waals surface area contributed by atoms with E-state index in [2.05, 4.69) is 11.5 Å². The lowest BCUT2D eigenvalue weighted by atomic mass is 10.0. The first kappa shape index (κ1) is 18.0. The molecule has 4 nitrogen and oxygen atoms in total. The Hall–Kier alpha value is -3.02. The molecule has 2 heterocycles. The Morgan fingerprint density at radius 2 is 1.90 bits per heavy atom. The zero-order chi connectivity index (χ0) is 20.0. The van der Waals surface area contributed by atoms with Crippen LogP contribution in [0.5, 0.6) is 11.5 Å². The van der Waals surface area contributed by atoms with Crippen LogP contribution in [0.3, 0.4) is 0 Å². The van der Waals surface area contributed by atoms with Gasteiger partial charge < -0.3 is 14.9 Å². The van der Waals surface area contributed by atoms with Crippen molar-refractivity contribution in [3.8, 4) is 11.5 Å². The van der Waals surface area contributed by atoms with Crippen LogP contribution in [0.15, 0.2) is 72.8 Å². The molecule has 3 aromatic carbocycles. The number of methoxy groups -OCH3 is 1. The number of benzene rings is 3. The summed E-state index contributed by atoms with van der Waals surface area (Å²) in [6.07, 6.45) is 1.64. The minimum absolute atomic E-state index is 0.109. The van der Waals surface area contributed by atoms with Crippen molar-refractivity contribution in [2.24, 2.45) is 0 Å². The molecule has 1 N–H and O–H groups in total. The van der Waals surface area contributed by atoms with Gasteiger partial charge in [-0.15, -0.1) is 0 Å². The lowest BCUT2D eigenvalue weighted by Gasteiger charge is -2.39. The minimum atomic E-state index is -0.489. The van der Waals surface area contributed by atoms with E-state index in [1.54, 1.807) is 19.2 Å². The average Bonchev–Trinajstić information content (AvgIpc) is 3.19. The summed E-state index contributed by atoms with van der Waals surface area (Å²) in [4.78, 5) is 0. The molecular formula is C23H18ClFN2O2. The van der Waals surface area contributed by atoms with Crippen LogP contribution in [0.1, 0.15) is 29.0 Å². The molecule has 2 aliphatic rings. The number of fused-ring (bicyclic) bond motifs is 3. The summed E-state index contributed by atoms with van der Waals surface area (Å²) in [6.45, 7) is 0. The maximum Gasteiger partial charge on any atom is 0.196 e. The highest BCUT2D eigenvalue weighted by molar-refractivity contribution is 6.30. The highest BCUT2D eigenvalue weighted by Crippen LogP contribution is 2.46. The van der Waals surface area contributed by atoms with Gasteiger partial charge in [-0.05, 0) is 66.2 Å². The molecule has 6 heteroatoms. The monoisotopic (exact) mass is 408 g/mol. The number of rotatable bonds is 3. The van der Waals surface area contributed by atoms with Crippen LogP contribution in [0.2, 0.25) is 5.02 Å². The van der Waals surface area contributed by atoms with Crippen LogP contribution in [0.4, 0.5) is 4.39 Å². The summed E-state index contributed by atoms with van der Waals surface area (Å²) in [5, 5.41) is 2.62. The third-order valence-electron chi connectivity index (χ3n) is 5.19. The smallest absolute Gasteiger partial charge is 0.196 e. The standard InChI is InChI=1S/C23H18ClFN2O2/c1-28-18-8-5-14(6-9-18)20-13-21-19-12-16(24)7-10-22(19)29-23(27(21)26-20)15-3-2-4-17(25)11-15/h2-13,21,23,26H,1H3/t21-,23+/m1/s1. The number of hydrazine groups is 1. The average molecular weight is 409 g/mol. The van der Waals surface area contributed by atoms with E-state index in [0.717, 1.165) is 33.9 Å². The first-order chi connectivity index (χ1) is 14.1. The van der Waals surface area contributed by atoms with Crippen LogP contribution < -0.4 is 14.9 Å². The van der Waals surface area contributed by atoms with Gasteiger partial charge in [0.15, 0.2) is 6.23 Å². The fourth-order valence-corrected chi connectivity index (χ4v) is 3.96. The number of hydrogen-bond acceptors (Lipinski definition) is 4. The maximum atomic E-state index is 13.9. The fraction of sp³-hybridized carbons (Fsp3) is 0.130. The van der Waals surface area contributed by atoms with Crippen molar-refractivity contribution in [2.45, 2.75) is 12.3 Å². The Balaban J connectivity index is 1.57. The zero-order valence-electron chi connectivity index (χ0n) is 15.6. The quantitative estimate of drug-likeness (QED) is 0.622. The molecule has 0 bridgehead atoms. The van der Waals surface area contributed by atoms with Crippen molar-refractivity contribution in [1.82, 2.24) is 10.4 Å². The maximum absolute atomic E-state index is 13.9. The molecule has 29 heavy (non-hydrogen) atoms. The zero-order valence-corrected chi connectivity index (χ0v) is 16.4. The summed E-state index contributed by atoms with van der Waals surface area (Å²) in [7, 11) is 1.64. The molecule has 3 aromatic rings. The van der Waals surface area contributed by atoms with E-state index < -0.39 is 6.23 Å². The molecule has 0 saturated heterocycles. The summed E-state index contributed by atoms with van der Waals surface area (Å²) in [5.41, 5.74) is 7.08. The van der Waals surface area contributed by atoms with Gasteiger partial charge in [-0.25, -0.2) is 4.39 Å². The molecule has 0 saturated carbocycles. The summed E-state index contributed by atoms with van der Waals surface area (Å²) < 4.78 is 25.4. The van der Waals surface area contributed by atoms with E-state index in [1.807, 2.05) is 47.5 Å². The van der Waals surface area contributed by atoms with Crippen molar-refractivity contribution in [1.29, 1.82) is 0 Å². The van der Waals surface area contributed by atoms with Gasteiger partial charge in [0.05, 0.1) is 18.8 Å². The Morgan fingerprint density at radius 1 is 1.07 bits per heavy atom. The van der Waals surface area contributed by atoms with Crippen LogP contribution in [0, 0.1) is 5.82 Å². The van der Waals surface area contributed by atoms with Crippen molar-refractivity contribution < 1.29 is 13.9 Å². The number of halogens is 2. The van der Waals surface area contributed by atoms with E-state index in [-0.39, 0.29) is 11.9 Å². The van der Waals surface area contributed by atoms with Crippen LogP contribution in [0.25, 0.3) is 5.70 Å². The van der Waals surface area contributed by atoms with E-state index >= 15 is 0 Å².